The van der Waals surface area contributed by atoms with Crippen LogP contribution in [0.15, 0.2) is 83.3 Å². The van der Waals surface area contributed by atoms with Crippen molar-refractivity contribution in [1.29, 1.82) is 0 Å². The van der Waals surface area contributed by atoms with E-state index in [0.717, 1.165) is 6.07 Å². The van der Waals surface area contributed by atoms with Crippen LogP contribution in [-0.2, 0) is 11.4 Å². The van der Waals surface area contributed by atoms with Crippen LogP contribution in [0.5, 0.6) is 0 Å². The van der Waals surface area contributed by atoms with Gasteiger partial charge in [0.05, 0.1) is 32.6 Å². The Hall–Kier alpha value is -3.26. The lowest BCUT2D eigenvalue weighted by atomic mass is 10.0. The minimum Gasteiger partial charge on any atom is -0.389 e. The number of hydrogen-bond acceptors (Lipinski definition) is 5. The monoisotopic (exact) mass is 502 g/mol. The highest BCUT2D eigenvalue weighted by Crippen LogP contribution is 2.28. The molecule has 166 valence electrons. The average molecular weight is 504 g/mol. The first-order chi connectivity index (χ1) is 15.9. The van der Waals surface area contributed by atoms with Gasteiger partial charge in [0, 0.05) is 35.8 Å². The summed E-state index contributed by atoms with van der Waals surface area (Å²) in [6, 6.07) is 11.7. The number of rotatable bonds is 6. The summed E-state index contributed by atoms with van der Waals surface area (Å²) in [5, 5.41) is 4.92. The first-order valence-corrected chi connectivity index (χ1v) is 10.6. The van der Waals surface area contributed by atoms with Gasteiger partial charge in [-0.05, 0) is 36.4 Å². The van der Waals surface area contributed by atoms with Crippen molar-refractivity contribution in [2.24, 2.45) is 5.16 Å². The number of hydrogen-bond donors (Lipinski definition) is 0. The zero-order valence-electron chi connectivity index (χ0n) is 16.8. The lowest BCUT2D eigenvalue weighted by molar-refractivity contribution is 0.128. The number of nitrogens with zero attached hydrogens (tertiary/aromatic N) is 4. The lowest BCUT2D eigenvalue weighted by Gasteiger charge is -2.14. The second-order valence-corrected chi connectivity index (χ2v) is 7.95. The summed E-state index contributed by atoms with van der Waals surface area (Å²) in [6.07, 6.45) is 6.13. The summed E-state index contributed by atoms with van der Waals surface area (Å²) in [7, 11) is 0. The van der Waals surface area contributed by atoms with Gasteiger partial charge in [-0.1, -0.05) is 46.0 Å². The van der Waals surface area contributed by atoms with Crippen molar-refractivity contribution in [1.82, 2.24) is 14.5 Å². The molecule has 33 heavy (non-hydrogen) atoms. The summed E-state index contributed by atoms with van der Waals surface area (Å²) < 4.78 is 15.0. The van der Waals surface area contributed by atoms with Crippen LogP contribution >= 0.6 is 34.8 Å². The predicted octanol–water partition coefficient (Wildman–Crippen LogP) is 5.70. The fourth-order valence-electron chi connectivity index (χ4n) is 3.03. The van der Waals surface area contributed by atoms with Crippen molar-refractivity contribution in [3.8, 4) is 5.69 Å². The second-order valence-electron chi connectivity index (χ2n) is 6.73. The van der Waals surface area contributed by atoms with Gasteiger partial charge in [0.2, 0.25) is 0 Å². The number of aromatic nitrogens is 3. The Bertz CT molecular complexity index is 1370. The summed E-state index contributed by atoms with van der Waals surface area (Å²) in [5.41, 5.74) is 1.63. The third-order valence-corrected chi connectivity index (χ3v) is 5.46. The molecule has 0 saturated carbocycles. The van der Waals surface area contributed by atoms with Crippen LogP contribution in [0.2, 0.25) is 15.1 Å². The van der Waals surface area contributed by atoms with Crippen LogP contribution in [0.3, 0.4) is 0 Å². The number of para-hydroxylation sites is 1. The highest BCUT2D eigenvalue weighted by molar-refractivity contribution is 6.38. The van der Waals surface area contributed by atoms with E-state index in [1.807, 2.05) is 0 Å². The van der Waals surface area contributed by atoms with Crippen LogP contribution in [0.1, 0.15) is 16.8 Å². The molecule has 0 aliphatic rings. The molecule has 2 aromatic carbocycles. The van der Waals surface area contributed by atoms with Gasteiger partial charge in [-0.2, -0.15) is 0 Å². The SMILES string of the molecule is O=c1ccc(C(=NOCc2cnccn2)c2ccc(F)cc2Cl)cn1-c1c(Cl)cccc1Cl. The maximum absolute atomic E-state index is 13.7. The molecule has 4 rings (SSSR count). The Balaban J connectivity index is 1.82. The first-order valence-electron chi connectivity index (χ1n) is 9.52. The van der Waals surface area contributed by atoms with Crippen molar-refractivity contribution < 1.29 is 9.23 Å². The highest BCUT2D eigenvalue weighted by Gasteiger charge is 2.17. The summed E-state index contributed by atoms with van der Waals surface area (Å²) in [4.78, 5) is 26.2. The number of benzene rings is 2. The molecule has 2 heterocycles. The molecule has 0 radical (unpaired) electrons. The minimum absolute atomic E-state index is 0.0339. The Kier molecular flexibility index (Phi) is 7.03. The van der Waals surface area contributed by atoms with Crippen molar-refractivity contribution >= 4 is 40.5 Å². The van der Waals surface area contributed by atoms with E-state index in [1.54, 1.807) is 36.7 Å². The largest absolute Gasteiger partial charge is 0.389 e. The van der Waals surface area contributed by atoms with E-state index in [2.05, 4.69) is 15.1 Å². The van der Waals surface area contributed by atoms with Gasteiger partial charge in [-0.3, -0.25) is 19.3 Å². The number of halogens is 4. The Morgan fingerprint density at radius 2 is 1.82 bits per heavy atom. The summed E-state index contributed by atoms with van der Waals surface area (Å²) >= 11 is 18.9. The molecule has 0 atom stereocenters. The van der Waals surface area contributed by atoms with Crippen LogP contribution in [0.25, 0.3) is 5.69 Å². The maximum atomic E-state index is 13.7. The van der Waals surface area contributed by atoms with Crippen molar-refractivity contribution in [3.63, 3.8) is 0 Å². The maximum Gasteiger partial charge on any atom is 0.255 e. The van der Waals surface area contributed by atoms with Gasteiger partial charge in [-0.25, -0.2) is 4.39 Å². The number of oxime groups is 1. The standard InChI is InChI=1S/C23H14Cl3FN4O2/c24-18-2-1-3-19(25)23(18)31-12-14(4-7-21(31)32)22(17-6-5-15(27)10-20(17)26)30-33-13-16-11-28-8-9-29-16/h1-12H,13H2. The van der Waals surface area contributed by atoms with E-state index < -0.39 is 5.82 Å². The molecule has 2 aromatic heterocycles. The molecule has 0 unspecified atom stereocenters. The molecule has 0 amide bonds. The topological polar surface area (TPSA) is 69.4 Å². The third kappa shape index (κ3) is 5.22. The fraction of sp³-hybridized carbons (Fsp3) is 0.0435. The van der Waals surface area contributed by atoms with Gasteiger partial charge in [0.1, 0.15) is 11.5 Å². The second kappa shape index (κ2) is 10.1. The van der Waals surface area contributed by atoms with E-state index in [-0.39, 0.29) is 22.9 Å². The van der Waals surface area contributed by atoms with Crippen LogP contribution in [0.4, 0.5) is 4.39 Å². The highest BCUT2D eigenvalue weighted by atomic mass is 35.5. The molecule has 0 spiro atoms. The molecule has 0 N–H and O–H groups in total. The molecule has 0 fully saturated rings. The molecule has 0 aliphatic heterocycles. The number of pyridine rings is 1. The third-order valence-electron chi connectivity index (χ3n) is 4.53. The zero-order chi connectivity index (χ0) is 23.4. The van der Waals surface area contributed by atoms with Gasteiger partial charge in [-0.15, -0.1) is 0 Å². The van der Waals surface area contributed by atoms with Crippen molar-refractivity contribution in [2.75, 3.05) is 0 Å². The van der Waals surface area contributed by atoms with E-state index >= 15 is 0 Å². The Morgan fingerprint density at radius 3 is 2.52 bits per heavy atom. The minimum atomic E-state index is -0.503. The van der Waals surface area contributed by atoms with E-state index in [9.17, 15) is 9.18 Å². The van der Waals surface area contributed by atoms with Gasteiger partial charge in [0.25, 0.3) is 5.56 Å². The molecule has 0 bridgehead atoms. The van der Waals surface area contributed by atoms with E-state index in [4.69, 9.17) is 39.6 Å². The molecule has 0 aliphatic carbocycles. The van der Waals surface area contributed by atoms with Crippen LogP contribution < -0.4 is 5.56 Å². The molecule has 10 heteroatoms. The zero-order valence-corrected chi connectivity index (χ0v) is 19.0. The molecule has 4 aromatic rings. The molecule has 0 saturated heterocycles. The van der Waals surface area contributed by atoms with Gasteiger partial charge < -0.3 is 4.84 Å². The molecular weight excluding hydrogens is 490 g/mol. The predicted molar refractivity (Wildman–Crippen MR) is 126 cm³/mol. The Labute approximate surface area is 202 Å². The normalized spacial score (nSPS) is 11.5. The summed E-state index contributed by atoms with van der Waals surface area (Å²) in [5.74, 6) is -0.503. The fourth-order valence-corrected chi connectivity index (χ4v) is 3.86. The van der Waals surface area contributed by atoms with Crippen LogP contribution in [-0.4, -0.2) is 20.2 Å². The lowest BCUT2D eigenvalue weighted by Crippen LogP contribution is -2.20. The van der Waals surface area contributed by atoms with E-state index in [1.165, 1.54) is 35.2 Å². The molecular formula is C23H14Cl3FN4O2. The van der Waals surface area contributed by atoms with Crippen molar-refractivity contribution in [2.45, 2.75) is 6.61 Å². The molecule has 6 nitrogen and oxygen atoms in total. The summed E-state index contributed by atoms with van der Waals surface area (Å²) in [6.45, 7) is 0.0339. The quantitative estimate of drug-likeness (QED) is 0.250. The van der Waals surface area contributed by atoms with E-state index in [0.29, 0.717) is 32.6 Å². The van der Waals surface area contributed by atoms with Crippen molar-refractivity contribution in [3.05, 3.63) is 121 Å². The smallest absolute Gasteiger partial charge is 0.255 e. The Morgan fingerprint density at radius 1 is 1.03 bits per heavy atom. The first kappa shape index (κ1) is 22.9. The van der Waals surface area contributed by atoms with Crippen LogP contribution in [0, 0.1) is 5.82 Å². The average Bonchev–Trinajstić information content (AvgIpc) is 2.79. The van der Waals surface area contributed by atoms with Gasteiger partial charge >= 0.3 is 0 Å². The van der Waals surface area contributed by atoms with Gasteiger partial charge in [0.15, 0.2) is 6.61 Å².